The molecule has 0 aliphatic rings. The Morgan fingerprint density at radius 3 is 2.57 bits per heavy atom. The molecule has 1 unspecified atom stereocenters. The lowest BCUT2D eigenvalue weighted by atomic mass is 10.1. The minimum Gasteiger partial charge on any atom is -0.398 e. The van der Waals surface area contributed by atoms with Gasteiger partial charge in [-0.15, -0.1) is 0 Å². The van der Waals surface area contributed by atoms with E-state index in [1.165, 1.54) is 0 Å². The van der Waals surface area contributed by atoms with Crippen molar-refractivity contribution in [3.8, 4) is 0 Å². The van der Waals surface area contributed by atoms with Crippen LogP contribution in [0.5, 0.6) is 0 Å². The highest BCUT2D eigenvalue weighted by Gasteiger charge is 2.12. The summed E-state index contributed by atoms with van der Waals surface area (Å²) in [4.78, 5) is 12.5. The molecule has 0 aliphatic carbocycles. The number of hydrogen-bond donors (Lipinski definition) is 2. The van der Waals surface area contributed by atoms with Crippen molar-refractivity contribution < 1.29 is 9.00 Å². The highest BCUT2D eigenvalue weighted by molar-refractivity contribution is 7.85. The minimum absolute atomic E-state index is 0.115. The van der Waals surface area contributed by atoms with Crippen LogP contribution in [0.1, 0.15) is 5.56 Å². The van der Waals surface area contributed by atoms with Crippen LogP contribution in [0.4, 0.5) is 11.4 Å². The van der Waals surface area contributed by atoms with Crippen molar-refractivity contribution in [2.45, 2.75) is 11.8 Å². The molecule has 110 valence electrons. The molecule has 1 atom stereocenters. The van der Waals surface area contributed by atoms with E-state index < -0.39 is 10.8 Å². The lowest BCUT2D eigenvalue weighted by molar-refractivity contribution is -0.113. The Morgan fingerprint density at radius 2 is 1.90 bits per heavy atom. The smallest absolute Gasteiger partial charge is 0.237 e. The van der Waals surface area contributed by atoms with Gasteiger partial charge in [-0.05, 0) is 48.9 Å². The van der Waals surface area contributed by atoms with Gasteiger partial charge in [0, 0.05) is 21.3 Å². The molecule has 0 heterocycles. The second kappa shape index (κ2) is 6.74. The number of amides is 1. The van der Waals surface area contributed by atoms with Gasteiger partial charge in [0.2, 0.25) is 5.91 Å². The number of rotatable bonds is 4. The normalized spacial score (nSPS) is 11.9. The van der Waals surface area contributed by atoms with Crippen LogP contribution in [0.3, 0.4) is 0 Å². The van der Waals surface area contributed by atoms with Crippen molar-refractivity contribution in [1.29, 1.82) is 0 Å². The van der Waals surface area contributed by atoms with Crippen LogP contribution in [-0.4, -0.2) is 15.9 Å². The van der Waals surface area contributed by atoms with E-state index in [0.29, 0.717) is 21.3 Å². The number of carbonyl (C=O) groups excluding carboxylic acids is 1. The van der Waals surface area contributed by atoms with E-state index in [2.05, 4.69) is 5.32 Å². The molecule has 2 aromatic carbocycles. The van der Waals surface area contributed by atoms with Crippen molar-refractivity contribution in [3.05, 3.63) is 53.1 Å². The predicted octanol–water partition coefficient (Wildman–Crippen LogP) is 2.98. The van der Waals surface area contributed by atoms with Gasteiger partial charge in [-0.1, -0.05) is 17.7 Å². The summed E-state index contributed by atoms with van der Waals surface area (Å²) >= 11 is 5.77. The van der Waals surface area contributed by atoms with Gasteiger partial charge < -0.3 is 11.1 Å². The van der Waals surface area contributed by atoms with Crippen LogP contribution in [0.25, 0.3) is 0 Å². The van der Waals surface area contributed by atoms with E-state index in [-0.39, 0.29) is 11.7 Å². The molecular formula is C15H15ClN2O2S. The van der Waals surface area contributed by atoms with Crippen LogP contribution in [0, 0.1) is 6.92 Å². The molecule has 6 heteroatoms. The summed E-state index contributed by atoms with van der Waals surface area (Å²) in [5.74, 6) is -0.437. The number of anilines is 2. The molecule has 3 N–H and O–H groups in total. The van der Waals surface area contributed by atoms with Gasteiger partial charge in [0.25, 0.3) is 0 Å². The molecule has 0 bridgehead atoms. The summed E-state index contributed by atoms with van der Waals surface area (Å²) < 4.78 is 12.1. The Kier molecular flexibility index (Phi) is 4.98. The molecule has 0 fully saturated rings. The van der Waals surface area contributed by atoms with Gasteiger partial charge in [0.05, 0.1) is 10.8 Å². The highest BCUT2D eigenvalue weighted by Crippen LogP contribution is 2.20. The summed E-state index contributed by atoms with van der Waals surface area (Å²) in [6.07, 6.45) is 0. The number of nitrogen functional groups attached to an aromatic ring is 1. The third kappa shape index (κ3) is 4.06. The first-order valence-corrected chi connectivity index (χ1v) is 7.96. The molecular weight excluding hydrogens is 308 g/mol. The fourth-order valence-corrected chi connectivity index (χ4v) is 2.81. The molecule has 0 aromatic heterocycles. The molecule has 0 aliphatic heterocycles. The highest BCUT2D eigenvalue weighted by atomic mass is 35.5. The van der Waals surface area contributed by atoms with E-state index in [4.69, 9.17) is 17.3 Å². The third-order valence-electron chi connectivity index (χ3n) is 2.99. The van der Waals surface area contributed by atoms with Gasteiger partial charge in [0.15, 0.2) is 0 Å². The zero-order chi connectivity index (χ0) is 15.4. The SMILES string of the molecule is Cc1c(N)cccc1NC(=O)CS(=O)c1ccc(Cl)cc1. The van der Waals surface area contributed by atoms with E-state index in [0.717, 1.165) is 5.56 Å². The molecule has 4 nitrogen and oxygen atoms in total. The van der Waals surface area contributed by atoms with Crippen LogP contribution in [0.2, 0.25) is 5.02 Å². The monoisotopic (exact) mass is 322 g/mol. The van der Waals surface area contributed by atoms with Crippen molar-refractivity contribution in [2.24, 2.45) is 0 Å². The Bertz CT molecular complexity index is 687. The molecule has 2 aromatic rings. The Morgan fingerprint density at radius 1 is 1.24 bits per heavy atom. The second-order valence-corrected chi connectivity index (χ2v) is 6.40. The van der Waals surface area contributed by atoms with E-state index >= 15 is 0 Å². The maximum Gasteiger partial charge on any atom is 0.237 e. The summed E-state index contributed by atoms with van der Waals surface area (Å²) in [5.41, 5.74) is 7.81. The summed E-state index contributed by atoms with van der Waals surface area (Å²) in [7, 11) is -1.41. The fraction of sp³-hybridized carbons (Fsp3) is 0.133. The van der Waals surface area contributed by atoms with Crippen molar-refractivity contribution in [2.75, 3.05) is 16.8 Å². The number of nitrogens with one attached hydrogen (secondary N) is 1. The fourth-order valence-electron chi connectivity index (χ4n) is 1.76. The Labute approximate surface area is 130 Å². The average Bonchev–Trinajstić information content (AvgIpc) is 2.44. The number of benzene rings is 2. The summed E-state index contributed by atoms with van der Waals surface area (Å²) in [6, 6.07) is 11.9. The quantitative estimate of drug-likeness (QED) is 0.850. The van der Waals surface area contributed by atoms with Gasteiger partial charge in [-0.3, -0.25) is 9.00 Å². The molecule has 0 saturated heterocycles. The first-order valence-electron chi connectivity index (χ1n) is 6.26. The van der Waals surface area contributed by atoms with Gasteiger partial charge in [0.1, 0.15) is 5.75 Å². The number of carbonyl (C=O) groups is 1. The van der Waals surface area contributed by atoms with Gasteiger partial charge >= 0.3 is 0 Å². The largest absolute Gasteiger partial charge is 0.398 e. The zero-order valence-corrected chi connectivity index (χ0v) is 13.0. The standard InChI is InChI=1S/C15H15ClN2O2S/c1-10-13(17)3-2-4-14(10)18-15(19)9-21(20)12-7-5-11(16)6-8-12/h2-8H,9,17H2,1H3,(H,18,19). The summed E-state index contributed by atoms with van der Waals surface area (Å²) in [5, 5.41) is 3.29. The molecule has 0 spiro atoms. The maximum absolute atomic E-state index is 12.1. The van der Waals surface area contributed by atoms with Gasteiger partial charge in [-0.25, -0.2) is 0 Å². The molecule has 0 saturated carbocycles. The van der Waals surface area contributed by atoms with E-state index in [9.17, 15) is 9.00 Å². The lowest BCUT2D eigenvalue weighted by Crippen LogP contribution is -2.20. The van der Waals surface area contributed by atoms with Crippen molar-refractivity contribution in [1.82, 2.24) is 0 Å². The maximum atomic E-state index is 12.1. The minimum atomic E-state index is -1.41. The van der Waals surface area contributed by atoms with Crippen LogP contribution < -0.4 is 11.1 Å². The first-order chi connectivity index (χ1) is 9.97. The summed E-state index contributed by atoms with van der Waals surface area (Å²) in [6.45, 7) is 1.82. The topological polar surface area (TPSA) is 72.2 Å². The first kappa shape index (κ1) is 15.5. The second-order valence-electron chi connectivity index (χ2n) is 4.51. The predicted molar refractivity (Wildman–Crippen MR) is 86.9 cm³/mol. The van der Waals surface area contributed by atoms with Crippen LogP contribution in [0.15, 0.2) is 47.4 Å². The average molecular weight is 323 g/mol. The molecule has 21 heavy (non-hydrogen) atoms. The Balaban J connectivity index is 2.03. The zero-order valence-electron chi connectivity index (χ0n) is 11.4. The number of halogens is 1. The molecule has 0 radical (unpaired) electrons. The Hall–Kier alpha value is -1.85. The molecule has 2 rings (SSSR count). The van der Waals surface area contributed by atoms with E-state index in [1.54, 1.807) is 42.5 Å². The molecule has 1 amide bonds. The van der Waals surface area contributed by atoms with Gasteiger partial charge in [-0.2, -0.15) is 0 Å². The number of nitrogens with two attached hydrogens (primary N) is 1. The van der Waals surface area contributed by atoms with Crippen molar-refractivity contribution >= 4 is 39.7 Å². The van der Waals surface area contributed by atoms with Crippen molar-refractivity contribution in [3.63, 3.8) is 0 Å². The lowest BCUT2D eigenvalue weighted by Gasteiger charge is -2.10. The van der Waals surface area contributed by atoms with Crippen LogP contribution >= 0.6 is 11.6 Å². The number of hydrogen-bond acceptors (Lipinski definition) is 3. The third-order valence-corrected chi connectivity index (χ3v) is 4.56. The van der Waals surface area contributed by atoms with Crippen LogP contribution in [-0.2, 0) is 15.6 Å². The van der Waals surface area contributed by atoms with E-state index in [1.807, 2.05) is 6.92 Å².